The van der Waals surface area contributed by atoms with Gasteiger partial charge in [-0.1, -0.05) is 18.2 Å². The first kappa shape index (κ1) is 25.0. The van der Waals surface area contributed by atoms with Crippen molar-refractivity contribution in [1.29, 1.82) is 0 Å². The summed E-state index contributed by atoms with van der Waals surface area (Å²) in [5.74, 6) is 2.45. The molecule has 0 bridgehead atoms. The van der Waals surface area contributed by atoms with E-state index < -0.39 is 10.0 Å². The molecule has 1 aliphatic rings. The van der Waals surface area contributed by atoms with Gasteiger partial charge in [0.1, 0.15) is 5.75 Å². The summed E-state index contributed by atoms with van der Waals surface area (Å²) in [5, 5.41) is 6.51. The van der Waals surface area contributed by atoms with Crippen molar-refractivity contribution in [3.63, 3.8) is 0 Å². The minimum absolute atomic E-state index is 0. The molecule has 1 fully saturated rings. The van der Waals surface area contributed by atoms with Crippen LogP contribution in [0.15, 0.2) is 29.3 Å². The van der Waals surface area contributed by atoms with Crippen molar-refractivity contribution >= 4 is 40.0 Å². The number of benzene rings is 1. The molecule has 1 aromatic rings. The zero-order chi connectivity index (χ0) is 19.7. The van der Waals surface area contributed by atoms with Crippen molar-refractivity contribution in [3.8, 4) is 5.75 Å². The summed E-state index contributed by atoms with van der Waals surface area (Å²) >= 11 is 0. The maximum absolute atomic E-state index is 11.7. The number of aliphatic imine (C=N–C) groups is 1. The number of para-hydroxylation sites is 1. The number of nitrogens with zero attached hydrogens (tertiary/aromatic N) is 2. The molecule has 9 heteroatoms. The van der Waals surface area contributed by atoms with Crippen LogP contribution in [0.2, 0.25) is 0 Å². The highest BCUT2D eigenvalue weighted by Gasteiger charge is 2.22. The molecule has 160 valence electrons. The van der Waals surface area contributed by atoms with Crippen LogP contribution in [-0.4, -0.2) is 58.2 Å². The number of hydrogen-bond acceptors (Lipinski definition) is 4. The quantitative estimate of drug-likeness (QED) is 0.201. The van der Waals surface area contributed by atoms with E-state index in [0.717, 1.165) is 23.8 Å². The van der Waals surface area contributed by atoms with Gasteiger partial charge >= 0.3 is 0 Å². The molecule has 0 spiro atoms. The summed E-state index contributed by atoms with van der Waals surface area (Å²) in [7, 11) is 0.219. The van der Waals surface area contributed by atoms with Gasteiger partial charge in [-0.2, -0.15) is 0 Å². The van der Waals surface area contributed by atoms with Gasteiger partial charge in [0.25, 0.3) is 0 Å². The molecule has 0 atom stereocenters. The third-order valence-electron chi connectivity index (χ3n) is 4.60. The molecule has 1 saturated carbocycles. The molecule has 0 radical (unpaired) electrons. The summed E-state index contributed by atoms with van der Waals surface area (Å²) in [6, 6.07) is 8.04. The van der Waals surface area contributed by atoms with Gasteiger partial charge in [-0.25, -0.2) is 12.7 Å². The average molecular weight is 524 g/mol. The topological polar surface area (TPSA) is 83.0 Å². The molecule has 0 aromatic heterocycles. The second-order valence-corrected chi connectivity index (χ2v) is 9.15. The Morgan fingerprint density at radius 3 is 2.64 bits per heavy atom. The molecule has 7 nitrogen and oxygen atoms in total. The normalized spacial score (nSPS) is 14.5. The fraction of sp³-hybridized carbons (Fsp3) is 0.632. The number of ether oxygens (including phenoxy) is 1. The molecule has 1 aromatic carbocycles. The van der Waals surface area contributed by atoms with Gasteiger partial charge in [0.15, 0.2) is 5.96 Å². The Bertz CT molecular complexity index is 724. The molecule has 0 heterocycles. The zero-order valence-corrected chi connectivity index (χ0v) is 20.1. The molecule has 0 aliphatic heterocycles. The maximum atomic E-state index is 11.7. The average Bonchev–Trinajstić information content (AvgIpc) is 3.50. The van der Waals surface area contributed by atoms with Crippen LogP contribution in [-0.2, 0) is 16.6 Å². The SMILES string of the molecule is CCS(=O)(=O)N(C)CCCNC(=NC)NCc1ccccc1OCC1CC1.I. The smallest absolute Gasteiger partial charge is 0.213 e. The Balaban J connectivity index is 0.00000392. The summed E-state index contributed by atoms with van der Waals surface area (Å²) < 4.78 is 30.8. The van der Waals surface area contributed by atoms with Crippen molar-refractivity contribution in [2.45, 2.75) is 32.7 Å². The third kappa shape index (κ3) is 8.52. The number of halogens is 1. The van der Waals surface area contributed by atoms with Crippen molar-refractivity contribution in [2.75, 3.05) is 39.5 Å². The second kappa shape index (κ2) is 12.5. The van der Waals surface area contributed by atoms with Crippen LogP contribution >= 0.6 is 24.0 Å². The van der Waals surface area contributed by atoms with Gasteiger partial charge in [-0.05, 0) is 38.2 Å². The first-order chi connectivity index (χ1) is 13.0. The highest BCUT2D eigenvalue weighted by atomic mass is 127. The van der Waals surface area contributed by atoms with Crippen LogP contribution in [0.1, 0.15) is 31.7 Å². The highest BCUT2D eigenvalue weighted by Crippen LogP contribution is 2.30. The van der Waals surface area contributed by atoms with E-state index in [2.05, 4.69) is 15.6 Å². The predicted molar refractivity (Wildman–Crippen MR) is 125 cm³/mol. The number of sulfonamides is 1. The van der Waals surface area contributed by atoms with Crippen LogP contribution in [0.25, 0.3) is 0 Å². The minimum atomic E-state index is -3.12. The van der Waals surface area contributed by atoms with Gasteiger partial charge in [0.05, 0.1) is 12.4 Å². The number of nitrogens with one attached hydrogen (secondary N) is 2. The largest absolute Gasteiger partial charge is 0.493 e. The Morgan fingerprint density at radius 2 is 2.00 bits per heavy atom. The standard InChI is InChI=1S/C19H32N4O3S.HI/c1-4-27(24,25)23(3)13-7-12-21-19(20-2)22-14-17-8-5-6-9-18(17)26-15-16-10-11-16;/h5-6,8-9,16H,4,7,10-15H2,1-3H3,(H2,20,21,22);1H. The maximum Gasteiger partial charge on any atom is 0.213 e. The summed E-state index contributed by atoms with van der Waals surface area (Å²) in [5.41, 5.74) is 1.09. The van der Waals surface area contributed by atoms with Crippen molar-refractivity contribution in [3.05, 3.63) is 29.8 Å². The molecule has 0 saturated heterocycles. The van der Waals surface area contributed by atoms with E-state index >= 15 is 0 Å². The first-order valence-electron chi connectivity index (χ1n) is 9.55. The Morgan fingerprint density at radius 1 is 1.29 bits per heavy atom. The van der Waals surface area contributed by atoms with Gasteiger partial charge in [0.2, 0.25) is 10.0 Å². The van der Waals surface area contributed by atoms with Gasteiger partial charge in [-0.15, -0.1) is 24.0 Å². The van der Waals surface area contributed by atoms with Crippen molar-refractivity contribution < 1.29 is 13.2 Å². The number of guanidine groups is 1. The van der Waals surface area contributed by atoms with E-state index in [9.17, 15) is 8.42 Å². The summed E-state index contributed by atoms with van der Waals surface area (Å²) in [6.45, 7) is 4.19. The monoisotopic (exact) mass is 524 g/mol. The molecule has 28 heavy (non-hydrogen) atoms. The molecule has 0 amide bonds. The molecule has 2 rings (SSSR count). The zero-order valence-electron chi connectivity index (χ0n) is 17.0. The summed E-state index contributed by atoms with van der Waals surface area (Å²) in [6.07, 6.45) is 3.25. The predicted octanol–water partition coefficient (Wildman–Crippen LogP) is 2.43. The van der Waals surface area contributed by atoms with Gasteiger partial charge in [0, 0.05) is 39.3 Å². The minimum Gasteiger partial charge on any atom is -0.493 e. The van der Waals surface area contributed by atoms with Gasteiger partial charge < -0.3 is 15.4 Å². The summed E-state index contributed by atoms with van der Waals surface area (Å²) in [4.78, 5) is 4.22. The van der Waals surface area contributed by atoms with Crippen LogP contribution in [0.4, 0.5) is 0 Å². The fourth-order valence-electron chi connectivity index (χ4n) is 2.55. The van der Waals surface area contributed by atoms with Crippen LogP contribution in [0, 0.1) is 5.92 Å². The molecule has 2 N–H and O–H groups in total. The molecule has 0 unspecified atom stereocenters. The lowest BCUT2D eigenvalue weighted by Gasteiger charge is -2.17. The van der Waals surface area contributed by atoms with E-state index in [4.69, 9.17) is 4.74 Å². The molecular formula is C19H33IN4O3S. The molecular weight excluding hydrogens is 491 g/mol. The highest BCUT2D eigenvalue weighted by molar-refractivity contribution is 14.0. The van der Waals surface area contributed by atoms with Gasteiger partial charge in [-0.3, -0.25) is 4.99 Å². The lowest BCUT2D eigenvalue weighted by atomic mass is 10.2. The fourth-order valence-corrected chi connectivity index (χ4v) is 3.40. The van der Waals surface area contributed by atoms with E-state index in [1.165, 1.54) is 17.1 Å². The van der Waals surface area contributed by atoms with Crippen LogP contribution in [0.3, 0.4) is 0 Å². The van der Waals surface area contributed by atoms with Crippen molar-refractivity contribution in [2.24, 2.45) is 10.9 Å². The van der Waals surface area contributed by atoms with Crippen LogP contribution < -0.4 is 15.4 Å². The van der Waals surface area contributed by atoms with E-state index in [0.29, 0.717) is 32.0 Å². The molecule has 1 aliphatic carbocycles. The van der Waals surface area contributed by atoms with Crippen molar-refractivity contribution in [1.82, 2.24) is 14.9 Å². The van der Waals surface area contributed by atoms with E-state index in [1.807, 2.05) is 24.3 Å². The van der Waals surface area contributed by atoms with E-state index in [1.54, 1.807) is 21.0 Å². The Labute approximate surface area is 186 Å². The Kier molecular flexibility index (Phi) is 11.1. The number of rotatable bonds is 11. The first-order valence-corrected chi connectivity index (χ1v) is 11.2. The third-order valence-corrected chi connectivity index (χ3v) is 6.46. The lowest BCUT2D eigenvalue weighted by Crippen LogP contribution is -2.38. The second-order valence-electron chi connectivity index (χ2n) is 6.79. The lowest BCUT2D eigenvalue weighted by molar-refractivity contribution is 0.296. The number of hydrogen-bond donors (Lipinski definition) is 2. The van der Waals surface area contributed by atoms with E-state index in [-0.39, 0.29) is 29.7 Å². The Hall–Kier alpha value is -1.07. The van der Waals surface area contributed by atoms with Crippen LogP contribution in [0.5, 0.6) is 5.75 Å².